The van der Waals surface area contributed by atoms with E-state index in [1.165, 1.54) is 13.2 Å². The molecule has 0 aromatic heterocycles. The number of carbonyl (C=O) groups excluding carboxylic acids is 2. The van der Waals surface area contributed by atoms with Crippen molar-refractivity contribution >= 4 is 30.8 Å². The number of hydrogen-bond acceptors (Lipinski definition) is 9. The zero-order chi connectivity index (χ0) is 36.6. The van der Waals surface area contributed by atoms with Crippen molar-refractivity contribution in [2.24, 2.45) is 11.7 Å². The Bertz CT molecular complexity index is 1630. The number of nitrogens with two attached hydrogens (primary N) is 1. The predicted octanol–water partition coefficient (Wildman–Crippen LogP) is 5.39. The molecule has 5 rings (SSSR count). The normalized spacial score (nSPS) is 22.7. The van der Waals surface area contributed by atoms with Gasteiger partial charge in [0.15, 0.2) is 5.79 Å². The highest BCUT2D eigenvalue weighted by molar-refractivity contribution is 6.99. The van der Waals surface area contributed by atoms with Crippen molar-refractivity contribution in [2.75, 3.05) is 27.1 Å². The molecule has 3 aromatic carbocycles. The number of carbonyl (C=O) groups is 2. The Kier molecular flexibility index (Phi) is 12.3. The third-order valence-corrected chi connectivity index (χ3v) is 14.2. The van der Waals surface area contributed by atoms with Crippen LogP contribution < -0.4 is 16.1 Å². The molecule has 10 nitrogen and oxygen atoms in total. The predicted molar refractivity (Wildman–Crippen MR) is 196 cm³/mol. The van der Waals surface area contributed by atoms with Crippen molar-refractivity contribution in [3.05, 3.63) is 120 Å². The standard InChI is InChI=1S/C40H49NO9Si/c1-39(2,3)51(30-18-12-8-13-19-30,31-20-14-9-15-21-31)48-25-29-22-33(46-27-45-24-28-16-10-7-11-17-28)32(23-35(42)44-6)36(37(29)49-38(41)43)34-26-47-40(4,5)50-34/h7-23,33-34,36-37H,24-27H2,1-6H3,(H2,41,43)/b32-23-/t33-,34-,36+,37-/m1/s1. The molecule has 1 aliphatic carbocycles. The fourth-order valence-corrected chi connectivity index (χ4v) is 11.6. The molecular weight excluding hydrogens is 667 g/mol. The van der Waals surface area contributed by atoms with Crippen molar-refractivity contribution in [1.29, 1.82) is 0 Å². The van der Waals surface area contributed by atoms with Crippen LogP contribution in [0.3, 0.4) is 0 Å². The fraction of sp³-hybridized carbons (Fsp3) is 0.400. The lowest BCUT2D eigenvalue weighted by Gasteiger charge is -2.45. The molecule has 2 aliphatic rings. The number of primary amides is 1. The third-order valence-electron chi connectivity index (χ3n) is 9.24. The summed E-state index contributed by atoms with van der Waals surface area (Å²) in [5.74, 6) is -2.29. The van der Waals surface area contributed by atoms with E-state index >= 15 is 0 Å². The Morgan fingerprint density at radius 2 is 1.51 bits per heavy atom. The van der Waals surface area contributed by atoms with E-state index in [0.717, 1.165) is 15.9 Å². The lowest BCUT2D eigenvalue weighted by Crippen LogP contribution is -2.67. The minimum absolute atomic E-state index is 0.0644. The first-order valence-electron chi connectivity index (χ1n) is 17.1. The molecule has 0 unspecified atom stereocenters. The van der Waals surface area contributed by atoms with Gasteiger partial charge in [-0.15, -0.1) is 0 Å². The van der Waals surface area contributed by atoms with Crippen LogP contribution in [0.2, 0.25) is 5.04 Å². The third kappa shape index (κ3) is 9.04. The Balaban J connectivity index is 1.60. The Hall–Kier alpha value is -4.10. The molecule has 1 heterocycles. The van der Waals surface area contributed by atoms with E-state index in [0.29, 0.717) is 17.8 Å². The van der Waals surface area contributed by atoms with E-state index < -0.39 is 50.4 Å². The second-order valence-electron chi connectivity index (χ2n) is 14.2. The maximum Gasteiger partial charge on any atom is 0.405 e. The summed E-state index contributed by atoms with van der Waals surface area (Å²) in [5, 5.41) is 1.85. The molecule has 51 heavy (non-hydrogen) atoms. The van der Waals surface area contributed by atoms with Crippen LogP contribution in [0.1, 0.15) is 40.2 Å². The van der Waals surface area contributed by atoms with Gasteiger partial charge in [0, 0.05) is 6.08 Å². The van der Waals surface area contributed by atoms with Crippen LogP contribution in [0.15, 0.2) is 114 Å². The van der Waals surface area contributed by atoms with Crippen molar-refractivity contribution in [3.63, 3.8) is 0 Å². The van der Waals surface area contributed by atoms with Crippen LogP contribution in [0, 0.1) is 5.92 Å². The van der Waals surface area contributed by atoms with Crippen molar-refractivity contribution in [3.8, 4) is 0 Å². The molecule has 1 aliphatic heterocycles. The number of esters is 1. The molecule has 272 valence electrons. The number of amides is 1. The Morgan fingerprint density at radius 3 is 2.02 bits per heavy atom. The molecule has 3 aromatic rings. The van der Waals surface area contributed by atoms with Crippen LogP contribution in [0.4, 0.5) is 4.79 Å². The Labute approximate surface area is 301 Å². The summed E-state index contributed by atoms with van der Waals surface area (Å²) >= 11 is 0. The maximum atomic E-state index is 12.9. The highest BCUT2D eigenvalue weighted by Crippen LogP contribution is 2.43. The molecule has 2 N–H and O–H groups in total. The summed E-state index contributed by atoms with van der Waals surface area (Å²) in [7, 11) is -1.75. The van der Waals surface area contributed by atoms with Gasteiger partial charge in [-0.3, -0.25) is 0 Å². The summed E-state index contributed by atoms with van der Waals surface area (Å²) in [6, 6.07) is 30.2. The van der Waals surface area contributed by atoms with Crippen LogP contribution in [-0.2, 0) is 44.2 Å². The number of ether oxygens (including phenoxy) is 6. The van der Waals surface area contributed by atoms with Gasteiger partial charge in [-0.05, 0) is 52.0 Å². The van der Waals surface area contributed by atoms with Gasteiger partial charge < -0.3 is 38.6 Å². The zero-order valence-electron chi connectivity index (χ0n) is 30.2. The number of rotatable bonds is 13. The first-order chi connectivity index (χ1) is 24.3. The van der Waals surface area contributed by atoms with E-state index in [2.05, 4.69) is 45.0 Å². The average Bonchev–Trinajstić information content (AvgIpc) is 3.47. The molecule has 1 fully saturated rings. The molecule has 0 radical (unpaired) electrons. The van der Waals surface area contributed by atoms with Crippen LogP contribution in [0.5, 0.6) is 0 Å². The van der Waals surface area contributed by atoms with E-state index in [9.17, 15) is 9.59 Å². The number of methoxy groups -OCH3 is 1. The summed E-state index contributed by atoms with van der Waals surface area (Å²) in [4.78, 5) is 25.5. The van der Waals surface area contributed by atoms with E-state index in [1.807, 2.05) is 72.8 Å². The van der Waals surface area contributed by atoms with Gasteiger partial charge in [-0.25, -0.2) is 9.59 Å². The highest BCUT2D eigenvalue weighted by Gasteiger charge is 2.52. The largest absolute Gasteiger partial charge is 0.466 e. The molecule has 1 saturated heterocycles. The van der Waals surface area contributed by atoms with Gasteiger partial charge in [0.1, 0.15) is 19.0 Å². The number of benzene rings is 3. The van der Waals surface area contributed by atoms with Gasteiger partial charge in [-0.1, -0.05) is 112 Å². The van der Waals surface area contributed by atoms with Gasteiger partial charge in [0.25, 0.3) is 8.32 Å². The Morgan fingerprint density at radius 1 is 0.922 bits per heavy atom. The summed E-state index contributed by atoms with van der Waals surface area (Å²) in [5.41, 5.74) is 7.80. The monoisotopic (exact) mass is 715 g/mol. The lowest BCUT2D eigenvalue weighted by atomic mass is 9.76. The summed E-state index contributed by atoms with van der Waals surface area (Å²) in [6.45, 7) is 10.6. The summed E-state index contributed by atoms with van der Waals surface area (Å²) < 4.78 is 42.9. The zero-order valence-corrected chi connectivity index (χ0v) is 31.2. The van der Waals surface area contributed by atoms with E-state index in [4.69, 9.17) is 38.6 Å². The lowest BCUT2D eigenvalue weighted by molar-refractivity contribution is -0.148. The fourth-order valence-electron chi connectivity index (χ4n) is 7.01. The quantitative estimate of drug-likeness (QED) is 0.0619. The molecule has 0 spiro atoms. The topological polar surface area (TPSA) is 125 Å². The minimum Gasteiger partial charge on any atom is -0.466 e. The maximum absolute atomic E-state index is 12.9. The van der Waals surface area contributed by atoms with E-state index in [1.54, 1.807) is 13.8 Å². The smallest absolute Gasteiger partial charge is 0.405 e. The van der Waals surface area contributed by atoms with Crippen LogP contribution >= 0.6 is 0 Å². The van der Waals surface area contributed by atoms with Gasteiger partial charge >= 0.3 is 12.1 Å². The average molecular weight is 716 g/mol. The van der Waals surface area contributed by atoms with E-state index in [-0.39, 0.29) is 25.0 Å². The van der Waals surface area contributed by atoms with Crippen molar-refractivity contribution in [2.45, 2.75) is 70.4 Å². The molecule has 0 saturated carbocycles. The highest BCUT2D eigenvalue weighted by atomic mass is 28.4. The molecular formula is C40H49NO9Si. The molecule has 11 heteroatoms. The van der Waals surface area contributed by atoms with Crippen LogP contribution in [0.25, 0.3) is 0 Å². The first kappa shape index (κ1) is 38.1. The summed E-state index contributed by atoms with van der Waals surface area (Å²) in [6.07, 6.45) is -0.235. The minimum atomic E-state index is -3.04. The van der Waals surface area contributed by atoms with Gasteiger partial charge in [0.05, 0.1) is 39.0 Å². The molecule has 1 amide bonds. The SMILES string of the molecule is COC(=O)/C=C1\[C@@H]([C@H]2COC(C)(C)O2)[C@H](OC(N)=O)C(CO[Si](c2ccccc2)(c2ccccc2)C(C)(C)C)=C[C@H]1OCOCc1ccccc1. The molecule has 4 atom stereocenters. The second kappa shape index (κ2) is 16.5. The van der Waals surface area contributed by atoms with Gasteiger partial charge in [-0.2, -0.15) is 0 Å². The van der Waals surface area contributed by atoms with Crippen LogP contribution in [-0.4, -0.2) is 71.6 Å². The molecule has 0 bridgehead atoms. The van der Waals surface area contributed by atoms with Crippen molar-refractivity contribution < 1.29 is 42.4 Å². The van der Waals surface area contributed by atoms with Gasteiger partial charge in [0.2, 0.25) is 0 Å². The first-order valence-corrected chi connectivity index (χ1v) is 19.0. The second-order valence-corrected chi connectivity index (χ2v) is 18.5. The van der Waals surface area contributed by atoms with Crippen molar-refractivity contribution in [1.82, 2.24) is 0 Å². The number of hydrogen-bond donors (Lipinski definition) is 1.